The largest absolute Gasteiger partial charge is 0.445 e. The van der Waals surface area contributed by atoms with Gasteiger partial charge in [-0.15, -0.1) is 0 Å². The van der Waals surface area contributed by atoms with Crippen LogP contribution in [0.15, 0.2) is 54.6 Å². The van der Waals surface area contributed by atoms with Crippen LogP contribution in [0.3, 0.4) is 0 Å². The summed E-state index contributed by atoms with van der Waals surface area (Å²) in [6, 6.07) is 20.6. The summed E-state index contributed by atoms with van der Waals surface area (Å²) in [6.45, 7) is 13.9. The third kappa shape index (κ3) is 5.95. The van der Waals surface area contributed by atoms with E-state index in [1.165, 1.54) is 11.1 Å². The van der Waals surface area contributed by atoms with Gasteiger partial charge in [-0.05, 0) is 85.8 Å². The monoisotopic (exact) mass is 512 g/mol. The van der Waals surface area contributed by atoms with Crippen LogP contribution in [-0.4, -0.2) is 25.9 Å². The molecule has 1 atom stereocenters. The second-order valence-corrected chi connectivity index (χ2v) is 15.3. The lowest BCUT2D eigenvalue weighted by Gasteiger charge is -2.34. The quantitative estimate of drug-likeness (QED) is 0.323. The molecule has 1 unspecified atom stereocenters. The van der Waals surface area contributed by atoms with Crippen LogP contribution in [-0.2, 0) is 28.7 Å². The molecular formula is C31H36N2O3Si. The first-order valence-corrected chi connectivity index (χ1v) is 16.2. The molecule has 0 N–H and O–H groups in total. The summed E-state index contributed by atoms with van der Waals surface area (Å²) < 4.78 is 12.1. The summed E-state index contributed by atoms with van der Waals surface area (Å²) in [4.78, 5) is 14.8. The molecule has 0 aromatic heterocycles. The molecule has 1 aliphatic rings. The highest BCUT2D eigenvalue weighted by Gasteiger charge is 2.32. The van der Waals surface area contributed by atoms with E-state index in [0.717, 1.165) is 38.9 Å². The predicted molar refractivity (Wildman–Crippen MR) is 150 cm³/mol. The van der Waals surface area contributed by atoms with Crippen molar-refractivity contribution >= 4 is 14.4 Å². The van der Waals surface area contributed by atoms with E-state index in [9.17, 15) is 10.1 Å². The van der Waals surface area contributed by atoms with Crippen molar-refractivity contribution in [2.45, 2.75) is 66.1 Å². The molecule has 4 rings (SSSR count). The van der Waals surface area contributed by atoms with Gasteiger partial charge >= 0.3 is 6.09 Å². The fourth-order valence-corrected chi connectivity index (χ4v) is 5.99. The number of nitriles is 1. The van der Waals surface area contributed by atoms with Crippen molar-refractivity contribution in [3.63, 3.8) is 0 Å². The van der Waals surface area contributed by atoms with Gasteiger partial charge < -0.3 is 14.1 Å². The van der Waals surface area contributed by atoms with Crippen LogP contribution in [0.4, 0.5) is 4.79 Å². The Morgan fingerprint density at radius 1 is 1.00 bits per heavy atom. The first-order valence-electron chi connectivity index (χ1n) is 12.8. The number of carbonyl (C=O) groups is 1. The Bertz CT molecular complexity index is 1320. The average molecular weight is 513 g/mol. The van der Waals surface area contributed by atoms with Gasteiger partial charge in [0.2, 0.25) is 0 Å². The average Bonchev–Trinajstić information content (AvgIpc) is 2.88. The predicted octanol–water partition coefficient (Wildman–Crippen LogP) is 7.39. The van der Waals surface area contributed by atoms with E-state index in [1.807, 2.05) is 30.3 Å². The molecule has 0 radical (unpaired) electrons. The molecule has 3 aromatic carbocycles. The first-order chi connectivity index (χ1) is 17.6. The van der Waals surface area contributed by atoms with Crippen LogP contribution in [0.25, 0.3) is 11.1 Å². The van der Waals surface area contributed by atoms with Gasteiger partial charge in [0.05, 0.1) is 6.07 Å². The highest BCUT2D eigenvalue weighted by atomic mass is 28.4. The van der Waals surface area contributed by atoms with Crippen molar-refractivity contribution < 1.29 is 14.0 Å². The van der Waals surface area contributed by atoms with Gasteiger partial charge in [-0.25, -0.2) is 4.79 Å². The molecule has 192 valence electrons. The van der Waals surface area contributed by atoms with Crippen molar-refractivity contribution in [1.82, 2.24) is 4.90 Å². The molecule has 6 heteroatoms. The summed E-state index contributed by atoms with van der Waals surface area (Å²) in [7, 11) is -1.99. The number of aryl methyl sites for hydroxylation is 1. The number of nitrogens with zero attached hydrogens (tertiary/aromatic N) is 2. The minimum atomic E-state index is -1.99. The maximum Gasteiger partial charge on any atom is 0.410 e. The van der Waals surface area contributed by atoms with Gasteiger partial charge in [0.15, 0.2) is 14.4 Å². The third-order valence-electron chi connectivity index (χ3n) is 6.95. The Morgan fingerprint density at radius 2 is 1.68 bits per heavy atom. The number of amides is 1. The van der Waals surface area contributed by atoms with Gasteiger partial charge in [0, 0.05) is 18.7 Å². The lowest BCUT2D eigenvalue weighted by molar-refractivity contribution is 0.0917. The van der Waals surface area contributed by atoms with E-state index in [0.29, 0.717) is 19.5 Å². The molecule has 5 nitrogen and oxygen atoms in total. The van der Waals surface area contributed by atoms with Crippen LogP contribution in [0, 0.1) is 32.1 Å². The van der Waals surface area contributed by atoms with Crippen LogP contribution in [0.1, 0.15) is 45.0 Å². The van der Waals surface area contributed by atoms with Gasteiger partial charge in [-0.3, -0.25) is 0 Å². The number of carbonyl (C=O) groups excluding carboxylic acids is 1. The SMILES string of the molecule is Cc1ccc(-c2c(C)c3c(c(C)c2C(C#N)O[Si](C)(C)C)CCN(C(=O)OCc2ccccc2)C3)cc1. The molecule has 0 bridgehead atoms. The van der Waals surface area contributed by atoms with E-state index >= 15 is 0 Å². The maximum atomic E-state index is 13.0. The molecule has 0 aliphatic carbocycles. The Labute approximate surface area is 221 Å². The smallest absolute Gasteiger partial charge is 0.410 e. The zero-order valence-corrected chi connectivity index (χ0v) is 23.7. The van der Waals surface area contributed by atoms with Crippen molar-refractivity contribution in [2.75, 3.05) is 6.54 Å². The van der Waals surface area contributed by atoms with E-state index in [4.69, 9.17) is 9.16 Å². The van der Waals surface area contributed by atoms with Crippen molar-refractivity contribution in [3.05, 3.63) is 93.5 Å². The normalized spacial score (nSPS) is 14.0. The molecule has 1 aliphatic heterocycles. The third-order valence-corrected chi connectivity index (χ3v) is 7.90. The second-order valence-electron chi connectivity index (χ2n) is 10.8. The Kier molecular flexibility index (Phi) is 7.86. The van der Waals surface area contributed by atoms with Gasteiger partial charge in [-0.1, -0.05) is 60.2 Å². The lowest BCUT2D eigenvalue weighted by Crippen LogP contribution is -2.37. The number of hydrogen-bond donors (Lipinski definition) is 0. The van der Waals surface area contributed by atoms with Crippen LogP contribution >= 0.6 is 0 Å². The first kappa shape index (κ1) is 26.7. The van der Waals surface area contributed by atoms with E-state index in [2.05, 4.69) is 70.7 Å². The summed E-state index contributed by atoms with van der Waals surface area (Å²) in [5, 5.41) is 10.2. The summed E-state index contributed by atoms with van der Waals surface area (Å²) in [5.41, 5.74) is 9.77. The fraction of sp³-hybridized carbons (Fsp3) is 0.355. The van der Waals surface area contributed by atoms with Crippen molar-refractivity contribution in [2.24, 2.45) is 0 Å². The molecular weight excluding hydrogens is 476 g/mol. The molecule has 0 fully saturated rings. The Balaban J connectivity index is 1.74. The Morgan fingerprint density at radius 3 is 2.30 bits per heavy atom. The maximum absolute atomic E-state index is 13.0. The highest BCUT2D eigenvalue weighted by molar-refractivity contribution is 6.69. The zero-order valence-electron chi connectivity index (χ0n) is 22.7. The number of ether oxygens (including phenoxy) is 1. The van der Waals surface area contributed by atoms with Gasteiger partial charge in [0.25, 0.3) is 0 Å². The second kappa shape index (κ2) is 10.9. The van der Waals surface area contributed by atoms with Crippen molar-refractivity contribution in [3.8, 4) is 17.2 Å². The van der Waals surface area contributed by atoms with Gasteiger partial charge in [0.1, 0.15) is 6.61 Å². The molecule has 1 amide bonds. The van der Waals surface area contributed by atoms with Gasteiger partial charge in [-0.2, -0.15) is 5.26 Å². The number of fused-ring (bicyclic) bond motifs is 1. The molecule has 0 spiro atoms. The van der Waals surface area contributed by atoms with Crippen LogP contribution in [0.5, 0.6) is 0 Å². The fourth-order valence-electron chi connectivity index (χ4n) is 5.11. The summed E-state index contributed by atoms with van der Waals surface area (Å²) in [6.07, 6.45) is -0.223. The minimum Gasteiger partial charge on any atom is -0.445 e. The number of benzene rings is 3. The van der Waals surface area contributed by atoms with Crippen LogP contribution in [0.2, 0.25) is 19.6 Å². The minimum absolute atomic E-state index is 0.256. The molecule has 0 saturated carbocycles. The van der Waals surface area contributed by atoms with E-state index < -0.39 is 14.4 Å². The topological polar surface area (TPSA) is 62.6 Å². The summed E-state index contributed by atoms with van der Waals surface area (Å²) in [5.74, 6) is 0. The van der Waals surface area contributed by atoms with Crippen molar-refractivity contribution in [1.29, 1.82) is 5.26 Å². The number of hydrogen-bond acceptors (Lipinski definition) is 4. The van der Waals surface area contributed by atoms with E-state index in [1.54, 1.807) is 4.90 Å². The highest BCUT2D eigenvalue weighted by Crippen LogP contribution is 2.42. The van der Waals surface area contributed by atoms with Crippen LogP contribution < -0.4 is 0 Å². The summed E-state index contributed by atoms with van der Waals surface area (Å²) >= 11 is 0. The Hall–Kier alpha value is -3.40. The molecule has 1 heterocycles. The standard InChI is InChI=1S/C31H36N2O3Si/c1-21-12-14-25(15-13-21)29-23(3)27-19-33(31(34)35-20-24-10-8-7-9-11-24)17-16-26(27)22(2)30(29)28(18-32)36-37(4,5)6/h7-15,28H,16-17,19-20H2,1-6H3. The zero-order chi connectivity index (χ0) is 26.7. The molecule has 3 aromatic rings. The molecule has 0 saturated heterocycles. The van der Waals surface area contributed by atoms with E-state index in [-0.39, 0.29) is 12.7 Å². The lowest BCUT2D eigenvalue weighted by atomic mass is 9.80. The number of rotatable bonds is 6. The molecule has 37 heavy (non-hydrogen) atoms.